The third kappa shape index (κ3) is 1.31. The second-order valence-corrected chi connectivity index (χ2v) is 3.59. The van der Waals surface area contributed by atoms with Crippen molar-refractivity contribution in [1.82, 2.24) is 19.7 Å². The summed E-state index contributed by atoms with van der Waals surface area (Å²) in [6.45, 7) is 4.44. The van der Waals surface area contributed by atoms with Crippen LogP contribution < -0.4 is 0 Å². The predicted molar refractivity (Wildman–Crippen MR) is 62.7 cm³/mol. The van der Waals surface area contributed by atoms with E-state index in [9.17, 15) is 0 Å². The summed E-state index contributed by atoms with van der Waals surface area (Å²) >= 11 is 0. The zero-order valence-corrected chi connectivity index (χ0v) is 8.72. The van der Waals surface area contributed by atoms with Crippen molar-refractivity contribution in [3.8, 4) is 11.1 Å². The van der Waals surface area contributed by atoms with Crippen LogP contribution in [0.2, 0.25) is 0 Å². The Bertz CT molecular complexity index is 621. The van der Waals surface area contributed by atoms with Gasteiger partial charge in [0.15, 0.2) is 0 Å². The summed E-state index contributed by atoms with van der Waals surface area (Å²) in [5.41, 5.74) is 3.14. The SMILES string of the molecule is [CH2]Cn1cc(-c2ccnc3[nH]ccc23)cn1. The maximum absolute atomic E-state index is 4.26. The number of nitrogens with one attached hydrogen (secondary N) is 1. The van der Waals surface area contributed by atoms with Gasteiger partial charge in [-0.3, -0.25) is 4.68 Å². The van der Waals surface area contributed by atoms with Crippen molar-refractivity contribution in [3.05, 3.63) is 43.8 Å². The van der Waals surface area contributed by atoms with Gasteiger partial charge in [-0.15, -0.1) is 0 Å². The van der Waals surface area contributed by atoms with E-state index >= 15 is 0 Å². The summed E-state index contributed by atoms with van der Waals surface area (Å²) in [5, 5.41) is 5.34. The average molecular weight is 211 g/mol. The van der Waals surface area contributed by atoms with Crippen LogP contribution in [0.15, 0.2) is 36.9 Å². The van der Waals surface area contributed by atoms with Gasteiger partial charge in [0.05, 0.1) is 6.20 Å². The van der Waals surface area contributed by atoms with Crippen molar-refractivity contribution in [2.24, 2.45) is 0 Å². The molecule has 0 fully saturated rings. The molecule has 3 heterocycles. The first-order valence-electron chi connectivity index (χ1n) is 5.12. The van der Waals surface area contributed by atoms with Crippen LogP contribution in [-0.2, 0) is 6.54 Å². The lowest BCUT2D eigenvalue weighted by molar-refractivity contribution is 0.699. The molecule has 0 spiro atoms. The highest BCUT2D eigenvalue weighted by Gasteiger charge is 2.06. The number of hydrogen-bond acceptors (Lipinski definition) is 2. The Morgan fingerprint density at radius 1 is 1.38 bits per heavy atom. The Morgan fingerprint density at radius 2 is 2.31 bits per heavy atom. The fraction of sp³-hybridized carbons (Fsp3) is 0.0833. The van der Waals surface area contributed by atoms with Crippen molar-refractivity contribution in [2.75, 3.05) is 0 Å². The molecule has 0 saturated carbocycles. The maximum atomic E-state index is 4.26. The summed E-state index contributed by atoms with van der Waals surface area (Å²) in [5.74, 6) is 0. The van der Waals surface area contributed by atoms with Gasteiger partial charge < -0.3 is 4.98 Å². The Morgan fingerprint density at radius 3 is 3.12 bits per heavy atom. The highest BCUT2D eigenvalue weighted by atomic mass is 15.3. The molecule has 16 heavy (non-hydrogen) atoms. The topological polar surface area (TPSA) is 46.5 Å². The van der Waals surface area contributed by atoms with Crippen molar-refractivity contribution in [3.63, 3.8) is 0 Å². The number of nitrogens with zero attached hydrogens (tertiary/aromatic N) is 3. The van der Waals surface area contributed by atoms with Crippen LogP contribution >= 0.6 is 0 Å². The van der Waals surface area contributed by atoms with E-state index in [1.54, 1.807) is 6.20 Å². The molecule has 0 aromatic carbocycles. The lowest BCUT2D eigenvalue weighted by Gasteiger charge is -1.98. The summed E-state index contributed by atoms with van der Waals surface area (Å²) in [7, 11) is 0. The monoisotopic (exact) mass is 211 g/mol. The van der Waals surface area contributed by atoms with Gasteiger partial charge in [-0.25, -0.2) is 4.98 Å². The highest BCUT2D eigenvalue weighted by molar-refractivity contribution is 5.92. The minimum absolute atomic E-state index is 0.640. The molecule has 3 rings (SSSR count). The van der Waals surface area contributed by atoms with E-state index in [0.29, 0.717) is 6.54 Å². The first kappa shape index (κ1) is 9.15. The second-order valence-electron chi connectivity index (χ2n) is 3.59. The zero-order valence-electron chi connectivity index (χ0n) is 8.72. The molecule has 0 aliphatic carbocycles. The number of fused-ring (bicyclic) bond motifs is 1. The molecule has 4 heteroatoms. The largest absolute Gasteiger partial charge is 0.346 e. The molecular formula is C12H11N4. The first-order valence-corrected chi connectivity index (χ1v) is 5.12. The molecule has 4 nitrogen and oxygen atoms in total. The van der Waals surface area contributed by atoms with E-state index < -0.39 is 0 Å². The van der Waals surface area contributed by atoms with E-state index in [2.05, 4.69) is 22.0 Å². The molecule has 0 unspecified atom stereocenters. The fourth-order valence-electron chi connectivity index (χ4n) is 1.84. The molecule has 0 aliphatic rings. The molecule has 0 aliphatic heterocycles. The summed E-state index contributed by atoms with van der Waals surface area (Å²) in [6.07, 6.45) is 7.55. The van der Waals surface area contributed by atoms with Gasteiger partial charge in [0.1, 0.15) is 5.65 Å². The molecule has 79 valence electrons. The zero-order chi connectivity index (χ0) is 11.0. The van der Waals surface area contributed by atoms with E-state index in [1.165, 1.54) is 0 Å². The second kappa shape index (κ2) is 3.48. The fourth-order valence-corrected chi connectivity index (χ4v) is 1.84. The third-order valence-corrected chi connectivity index (χ3v) is 2.63. The molecule has 0 saturated heterocycles. The molecule has 0 bridgehead atoms. The van der Waals surface area contributed by atoms with Crippen LogP contribution in [0.25, 0.3) is 22.2 Å². The highest BCUT2D eigenvalue weighted by Crippen LogP contribution is 2.26. The minimum Gasteiger partial charge on any atom is -0.346 e. The number of pyridine rings is 1. The molecule has 3 aromatic heterocycles. The van der Waals surface area contributed by atoms with E-state index in [-0.39, 0.29) is 0 Å². The molecule has 0 atom stereocenters. The number of rotatable bonds is 2. The lowest BCUT2D eigenvalue weighted by atomic mass is 10.1. The van der Waals surface area contributed by atoms with Gasteiger partial charge in [0.25, 0.3) is 0 Å². The Balaban J connectivity index is 2.21. The van der Waals surface area contributed by atoms with Gasteiger partial charge in [0, 0.05) is 36.1 Å². The van der Waals surface area contributed by atoms with Crippen LogP contribution in [0, 0.1) is 6.92 Å². The standard InChI is InChI=1S/C12H11N4/c1-2-16-8-9(7-15-16)10-3-5-13-12-11(10)4-6-14-12/h3-8H,1-2H2,(H,13,14). The van der Waals surface area contributed by atoms with Crippen LogP contribution in [0.5, 0.6) is 0 Å². The molecule has 1 radical (unpaired) electrons. The van der Waals surface area contributed by atoms with Crippen LogP contribution in [0.1, 0.15) is 0 Å². The quantitative estimate of drug-likeness (QED) is 0.706. The van der Waals surface area contributed by atoms with Gasteiger partial charge in [-0.2, -0.15) is 5.10 Å². The van der Waals surface area contributed by atoms with E-state index in [0.717, 1.165) is 22.2 Å². The number of hydrogen-bond donors (Lipinski definition) is 1. The Labute approximate surface area is 92.9 Å². The van der Waals surface area contributed by atoms with E-state index in [4.69, 9.17) is 0 Å². The third-order valence-electron chi connectivity index (χ3n) is 2.63. The van der Waals surface area contributed by atoms with Gasteiger partial charge in [0.2, 0.25) is 0 Å². The number of aromatic amines is 1. The minimum atomic E-state index is 0.640. The first-order chi connectivity index (χ1) is 7.88. The molecule has 0 amide bonds. The van der Waals surface area contributed by atoms with Gasteiger partial charge in [-0.1, -0.05) is 0 Å². The van der Waals surface area contributed by atoms with Crippen molar-refractivity contribution >= 4 is 11.0 Å². The van der Waals surface area contributed by atoms with E-state index in [1.807, 2.05) is 35.4 Å². The number of H-pyrrole nitrogens is 1. The normalized spacial score (nSPS) is 11.1. The Kier molecular flexibility index (Phi) is 1.99. The molecular weight excluding hydrogens is 200 g/mol. The average Bonchev–Trinajstić information content (AvgIpc) is 2.97. The maximum Gasteiger partial charge on any atom is 0.137 e. The molecule has 1 N–H and O–H groups in total. The Hall–Kier alpha value is -2.10. The van der Waals surface area contributed by atoms with Crippen molar-refractivity contribution in [2.45, 2.75) is 6.54 Å². The summed E-state index contributed by atoms with van der Waals surface area (Å²) in [6, 6.07) is 4.03. The van der Waals surface area contributed by atoms with Crippen LogP contribution in [0.3, 0.4) is 0 Å². The number of aromatic nitrogens is 4. The van der Waals surface area contributed by atoms with Gasteiger partial charge >= 0.3 is 0 Å². The summed E-state index contributed by atoms with van der Waals surface area (Å²) in [4.78, 5) is 7.36. The predicted octanol–water partition coefficient (Wildman–Crippen LogP) is 2.26. The smallest absolute Gasteiger partial charge is 0.137 e. The lowest BCUT2D eigenvalue weighted by Crippen LogP contribution is -1.92. The molecule has 3 aromatic rings. The van der Waals surface area contributed by atoms with Crippen LogP contribution in [0.4, 0.5) is 0 Å². The van der Waals surface area contributed by atoms with Gasteiger partial charge in [-0.05, 0) is 24.6 Å². The van der Waals surface area contributed by atoms with Crippen LogP contribution in [-0.4, -0.2) is 19.7 Å². The summed E-state index contributed by atoms with van der Waals surface area (Å²) < 4.78 is 1.81. The van der Waals surface area contributed by atoms with Crippen molar-refractivity contribution < 1.29 is 0 Å². The van der Waals surface area contributed by atoms with Crippen molar-refractivity contribution in [1.29, 1.82) is 0 Å².